The molecular formula is C11H15BrFNO2S. The third-order valence-corrected chi connectivity index (χ3v) is 4.68. The maximum atomic E-state index is 13.0. The number of sulfone groups is 1. The van der Waals surface area contributed by atoms with Gasteiger partial charge in [0.05, 0.1) is 16.0 Å². The highest BCUT2D eigenvalue weighted by Gasteiger charge is 2.16. The lowest BCUT2D eigenvalue weighted by Crippen LogP contribution is -2.29. The van der Waals surface area contributed by atoms with Crippen molar-refractivity contribution in [2.24, 2.45) is 5.73 Å². The smallest absolute Gasteiger partial charge is 0.155 e. The van der Waals surface area contributed by atoms with Gasteiger partial charge in [-0.25, -0.2) is 12.8 Å². The molecule has 1 rings (SSSR count). The van der Waals surface area contributed by atoms with Crippen molar-refractivity contribution in [3.8, 4) is 0 Å². The van der Waals surface area contributed by atoms with Crippen LogP contribution >= 0.6 is 15.9 Å². The first-order valence-corrected chi connectivity index (χ1v) is 7.85. The van der Waals surface area contributed by atoms with Gasteiger partial charge in [-0.3, -0.25) is 0 Å². The van der Waals surface area contributed by atoms with Gasteiger partial charge in [-0.1, -0.05) is 13.0 Å². The molecule has 17 heavy (non-hydrogen) atoms. The van der Waals surface area contributed by atoms with Crippen molar-refractivity contribution in [2.75, 3.05) is 5.75 Å². The molecule has 1 aromatic carbocycles. The molecule has 0 aliphatic rings. The van der Waals surface area contributed by atoms with Gasteiger partial charge < -0.3 is 5.73 Å². The second kappa shape index (κ2) is 5.93. The van der Waals surface area contributed by atoms with E-state index in [4.69, 9.17) is 5.73 Å². The minimum absolute atomic E-state index is 0.0432. The highest BCUT2D eigenvalue weighted by molar-refractivity contribution is 9.10. The Kier molecular flexibility index (Phi) is 5.09. The zero-order chi connectivity index (χ0) is 13.1. The molecule has 0 aliphatic carbocycles. The van der Waals surface area contributed by atoms with Crippen LogP contribution in [0, 0.1) is 5.82 Å². The quantitative estimate of drug-likeness (QED) is 0.904. The first-order valence-electron chi connectivity index (χ1n) is 5.24. The molecule has 0 radical (unpaired) electrons. The first kappa shape index (κ1) is 14.6. The summed E-state index contributed by atoms with van der Waals surface area (Å²) in [5.74, 6) is -0.561. The van der Waals surface area contributed by atoms with E-state index >= 15 is 0 Å². The van der Waals surface area contributed by atoms with Crippen molar-refractivity contribution in [1.29, 1.82) is 0 Å². The van der Waals surface area contributed by atoms with Crippen LogP contribution in [0.15, 0.2) is 22.7 Å². The molecule has 96 valence electrons. The molecule has 0 saturated carbocycles. The molecule has 1 atom stereocenters. The summed E-state index contributed by atoms with van der Waals surface area (Å²) in [4.78, 5) is 0. The fourth-order valence-electron chi connectivity index (χ4n) is 1.39. The van der Waals surface area contributed by atoms with Crippen LogP contribution in [-0.2, 0) is 15.6 Å². The van der Waals surface area contributed by atoms with E-state index in [2.05, 4.69) is 15.9 Å². The number of nitrogens with two attached hydrogens (primary N) is 1. The highest BCUT2D eigenvalue weighted by Crippen LogP contribution is 2.18. The van der Waals surface area contributed by atoms with Crippen molar-refractivity contribution < 1.29 is 12.8 Å². The number of benzene rings is 1. The van der Waals surface area contributed by atoms with E-state index in [0.29, 0.717) is 12.0 Å². The van der Waals surface area contributed by atoms with Crippen LogP contribution in [0.5, 0.6) is 0 Å². The average Bonchev–Trinajstić information content (AvgIpc) is 2.22. The average molecular weight is 324 g/mol. The summed E-state index contributed by atoms with van der Waals surface area (Å²) in [6.07, 6.45) is 0.617. The SMILES string of the molecule is CCC(N)CS(=O)(=O)Cc1ccc(F)c(Br)c1. The molecular weight excluding hydrogens is 309 g/mol. The maximum Gasteiger partial charge on any atom is 0.155 e. The normalized spacial score (nSPS) is 13.6. The van der Waals surface area contributed by atoms with Crippen LogP contribution in [0.3, 0.4) is 0 Å². The van der Waals surface area contributed by atoms with Gasteiger partial charge >= 0.3 is 0 Å². The third kappa shape index (κ3) is 4.73. The molecule has 1 aromatic rings. The molecule has 0 heterocycles. The molecule has 0 fully saturated rings. The predicted octanol–water partition coefficient (Wildman–Crippen LogP) is 2.24. The van der Waals surface area contributed by atoms with Crippen LogP contribution < -0.4 is 5.73 Å². The van der Waals surface area contributed by atoms with Crippen molar-refractivity contribution in [1.82, 2.24) is 0 Å². The van der Waals surface area contributed by atoms with Gasteiger partial charge in [0.2, 0.25) is 0 Å². The van der Waals surface area contributed by atoms with Crippen LogP contribution in [0.1, 0.15) is 18.9 Å². The van der Waals surface area contributed by atoms with Gasteiger partial charge in [0.25, 0.3) is 0 Å². The summed E-state index contributed by atoms with van der Waals surface area (Å²) in [7, 11) is -3.24. The van der Waals surface area contributed by atoms with E-state index in [1.165, 1.54) is 18.2 Å². The van der Waals surface area contributed by atoms with Crippen LogP contribution in [-0.4, -0.2) is 20.2 Å². The molecule has 6 heteroatoms. The van der Waals surface area contributed by atoms with Crippen molar-refractivity contribution >= 4 is 25.8 Å². The van der Waals surface area contributed by atoms with Crippen LogP contribution in [0.25, 0.3) is 0 Å². The summed E-state index contributed by atoms with van der Waals surface area (Å²) in [6, 6.07) is 3.85. The Hall–Kier alpha value is -0.460. The Bertz CT molecular complexity index is 490. The van der Waals surface area contributed by atoms with E-state index in [-0.39, 0.29) is 22.0 Å². The van der Waals surface area contributed by atoms with Gasteiger partial charge in [0.1, 0.15) is 5.82 Å². The van der Waals surface area contributed by atoms with E-state index in [1.54, 1.807) is 0 Å². The maximum absolute atomic E-state index is 13.0. The number of halogens is 2. The zero-order valence-corrected chi connectivity index (χ0v) is 11.9. The lowest BCUT2D eigenvalue weighted by atomic mass is 10.2. The summed E-state index contributed by atoms with van der Waals surface area (Å²) >= 11 is 3.02. The second-order valence-electron chi connectivity index (χ2n) is 3.97. The van der Waals surface area contributed by atoms with E-state index < -0.39 is 15.7 Å². The van der Waals surface area contributed by atoms with Gasteiger partial charge in [-0.2, -0.15) is 0 Å². The monoisotopic (exact) mass is 323 g/mol. The largest absolute Gasteiger partial charge is 0.327 e. The fraction of sp³-hybridized carbons (Fsp3) is 0.455. The van der Waals surface area contributed by atoms with Crippen molar-refractivity contribution in [3.63, 3.8) is 0 Å². The van der Waals surface area contributed by atoms with Crippen LogP contribution in [0.2, 0.25) is 0 Å². The second-order valence-corrected chi connectivity index (χ2v) is 6.93. The summed E-state index contributed by atoms with van der Waals surface area (Å²) in [5, 5.41) is 0. The molecule has 0 saturated heterocycles. The van der Waals surface area contributed by atoms with Crippen molar-refractivity contribution in [3.05, 3.63) is 34.1 Å². The minimum atomic E-state index is -3.24. The Morgan fingerprint density at radius 2 is 2.12 bits per heavy atom. The predicted molar refractivity (Wildman–Crippen MR) is 69.9 cm³/mol. The standard InChI is InChI=1S/C11H15BrFNO2S/c1-2-9(14)7-17(15,16)6-8-3-4-11(13)10(12)5-8/h3-5,9H,2,6-7,14H2,1H3. The third-order valence-electron chi connectivity index (χ3n) is 2.36. The number of rotatable bonds is 5. The highest BCUT2D eigenvalue weighted by atomic mass is 79.9. The van der Waals surface area contributed by atoms with Gasteiger partial charge in [0.15, 0.2) is 9.84 Å². The van der Waals surface area contributed by atoms with E-state index in [9.17, 15) is 12.8 Å². The molecule has 1 unspecified atom stereocenters. The molecule has 3 nitrogen and oxygen atoms in total. The van der Waals surface area contributed by atoms with Crippen LogP contribution in [0.4, 0.5) is 4.39 Å². The molecule has 2 N–H and O–H groups in total. The Morgan fingerprint density at radius 3 is 2.65 bits per heavy atom. The molecule has 0 bridgehead atoms. The Morgan fingerprint density at radius 1 is 1.47 bits per heavy atom. The van der Waals surface area contributed by atoms with Gasteiger partial charge in [-0.15, -0.1) is 0 Å². The van der Waals surface area contributed by atoms with Gasteiger partial charge in [-0.05, 0) is 40.0 Å². The fourth-order valence-corrected chi connectivity index (χ4v) is 3.51. The number of hydrogen-bond acceptors (Lipinski definition) is 3. The first-order chi connectivity index (χ1) is 7.84. The molecule has 0 amide bonds. The number of hydrogen-bond donors (Lipinski definition) is 1. The Labute approximate surface area is 109 Å². The topological polar surface area (TPSA) is 60.2 Å². The van der Waals surface area contributed by atoms with Crippen molar-refractivity contribution in [2.45, 2.75) is 25.1 Å². The lowest BCUT2D eigenvalue weighted by molar-refractivity contribution is 0.582. The minimum Gasteiger partial charge on any atom is -0.327 e. The molecule has 0 aromatic heterocycles. The summed E-state index contributed by atoms with van der Waals surface area (Å²) in [5.41, 5.74) is 6.18. The summed E-state index contributed by atoms with van der Waals surface area (Å²) in [6.45, 7) is 1.84. The lowest BCUT2D eigenvalue weighted by Gasteiger charge is -2.10. The van der Waals surface area contributed by atoms with Gasteiger partial charge in [0, 0.05) is 6.04 Å². The summed E-state index contributed by atoms with van der Waals surface area (Å²) < 4.78 is 36.8. The Balaban J connectivity index is 2.80. The molecule has 0 aliphatic heterocycles. The van der Waals surface area contributed by atoms with E-state index in [1.807, 2.05) is 6.92 Å². The zero-order valence-electron chi connectivity index (χ0n) is 9.49. The van der Waals surface area contributed by atoms with E-state index in [0.717, 1.165) is 0 Å². The molecule has 0 spiro atoms.